The van der Waals surface area contributed by atoms with Gasteiger partial charge >= 0.3 is 5.97 Å². The second-order valence-electron chi connectivity index (χ2n) is 10.5. The van der Waals surface area contributed by atoms with Crippen LogP contribution >= 0.6 is 0 Å². The Kier molecular flexibility index (Phi) is 7.92. The van der Waals surface area contributed by atoms with Gasteiger partial charge in [-0.15, -0.1) is 0 Å². The van der Waals surface area contributed by atoms with Gasteiger partial charge in [0.15, 0.2) is 5.78 Å². The molecule has 1 saturated carbocycles. The number of carboxylic acids is 1. The van der Waals surface area contributed by atoms with Gasteiger partial charge in [0.1, 0.15) is 0 Å². The fourth-order valence-corrected chi connectivity index (χ4v) is 6.26. The summed E-state index contributed by atoms with van der Waals surface area (Å²) in [6, 6.07) is 3.78. The molecule has 8 atom stereocenters. The molecule has 34 heavy (non-hydrogen) atoms. The van der Waals surface area contributed by atoms with Gasteiger partial charge < -0.3 is 14.8 Å². The number of carbonyl (C=O) groups excluding carboxylic acids is 1. The Morgan fingerprint density at radius 3 is 2.76 bits per heavy atom. The van der Waals surface area contributed by atoms with E-state index in [0.717, 1.165) is 25.7 Å². The van der Waals surface area contributed by atoms with Crippen molar-refractivity contribution in [2.24, 2.45) is 35.5 Å². The maximum absolute atomic E-state index is 13.4. The second-order valence-corrected chi connectivity index (χ2v) is 10.5. The number of carbonyl (C=O) groups is 2. The lowest BCUT2D eigenvalue weighted by Gasteiger charge is -2.37. The highest BCUT2D eigenvalue weighted by atomic mass is 16.5. The number of nitrogens with one attached hydrogen (secondary N) is 1. The number of aromatic nitrogens is 1. The molecule has 1 aromatic heterocycles. The van der Waals surface area contributed by atoms with E-state index in [1.165, 1.54) is 18.4 Å². The Morgan fingerprint density at radius 1 is 1.24 bits per heavy atom. The molecule has 2 fully saturated rings. The minimum Gasteiger partial charge on any atom is -0.481 e. The van der Waals surface area contributed by atoms with E-state index in [9.17, 15) is 14.7 Å². The lowest BCUT2D eigenvalue weighted by molar-refractivity contribution is -0.152. The Labute approximate surface area is 203 Å². The molecular formula is C29H39NO4. The zero-order chi connectivity index (χ0) is 24.2. The topological polar surface area (TPSA) is 79.4 Å². The number of aliphatic carboxylic acids is 1. The highest BCUT2D eigenvalue weighted by Crippen LogP contribution is 2.46. The van der Waals surface area contributed by atoms with Crippen molar-refractivity contribution in [3.8, 4) is 0 Å². The van der Waals surface area contributed by atoms with Crippen LogP contribution in [0.15, 0.2) is 54.3 Å². The van der Waals surface area contributed by atoms with Gasteiger partial charge in [-0.05, 0) is 74.5 Å². The van der Waals surface area contributed by atoms with Crippen molar-refractivity contribution >= 4 is 11.8 Å². The molecule has 0 aromatic carbocycles. The van der Waals surface area contributed by atoms with Crippen LogP contribution in [-0.4, -0.2) is 34.1 Å². The Morgan fingerprint density at radius 2 is 2.06 bits per heavy atom. The fourth-order valence-electron chi connectivity index (χ4n) is 6.26. The molecule has 2 heterocycles. The summed E-state index contributed by atoms with van der Waals surface area (Å²) in [6.07, 6.45) is 18.6. The van der Waals surface area contributed by atoms with E-state index in [1.54, 1.807) is 6.92 Å². The number of allylic oxidation sites excluding steroid dienone is 5. The number of carboxylic acid groups (broad SMARTS) is 1. The lowest BCUT2D eigenvalue weighted by Crippen LogP contribution is -2.40. The van der Waals surface area contributed by atoms with Crippen molar-refractivity contribution in [3.05, 3.63) is 60.0 Å². The summed E-state index contributed by atoms with van der Waals surface area (Å²) in [7, 11) is 0. The minimum atomic E-state index is -0.799. The van der Waals surface area contributed by atoms with Crippen LogP contribution in [0.5, 0.6) is 0 Å². The molecule has 5 nitrogen and oxygen atoms in total. The number of rotatable bonds is 8. The number of fused-ring (bicyclic) bond motifs is 1. The molecule has 5 heteroatoms. The normalized spacial score (nSPS) is 34.8. The van der Waals surface area contributed by atoms with E-state index >= 15 is 0 Å². The van der Waals surface area contributed by atoms with E-state index < -0.39 is 11.9 Å². The van der Waals surface area contributed by atoms with Gasteiger partial charge in [0.25, 0.3) is 0 Å². The van der Waals surface area contributed by atoms with E-state index in [2.05, 4.69) is 49.2 Å². The molecule has 0 radical (unpaired) electrons. The van der Waals surface area contributed by atoms with E-state index in [0.29, 0.717) is 23.4 Å². The van der Waals surface area contributed by atoms with Gasteiger partial charge in [0.05, 0.1) is 23.8 Å². The second kappa shape index (κ2) is 10.9. The maximum Gasteiger partial charge on any atom is 0.308 e. The molecule has 0 bridgehead atoms. The van der Waals surface area contributed by atoms with Gasteiger partial charge in [-0.2, -0.15) is 0 Å². The standard InChI is InChI=1S/C29H39NO4/c1-4-20(28-18(2)13-16-25(34-28)19(3)29(32)33)8-5-10-22-15-14-21-9-6-11-23(21)26(22)27(31)24-12-7-17-30-24/h5,7-8,10,12,14-15,17-19,21-23,25-26,28,30H,4,6,9,11,13,16H2,1-3H3,(H,32,33)/b10-5+,20-8-. The fraction of sp³-hybridized carbons (Fsp3) is 0.586. The summed E-state index contributed by atoms with van der Waals surface area (Å²) < 4.78 is 6.33. The summed E-state index contributed by atoms with van der Waals surface area (Å²) >= 11 is 0. The monoisotopic (exact) mass is 465 g/mol. The Bertz CT molecular complexity index is 943. The molecule has 0 spiro atoms. The first kappa shape index (κ1) is 24.7. The zero-order valence-electron chi connectivity index (χ0n) is 20.7. The van der Waals surface area contributed by atoms with Gasteiger partial charge in [0, 0.05) is 18.0 Å². The van der Waals surface area contributed by atoms with Crippen LogP contribution in [-0.2, 0) is 9.53 Å². The van der Waals surface area contributed by atoms with Crippen LogP contribution in [0.3, 0.4) is 0 Å². The number of Topliss-reactive ketones (excluding diaryl/α,β-unsaturated/α-hetero) is 1. The summed E-state index contributed by atoms with van der Waals surface area (Å²) in [6.45, 7) is 6.05. The number of aromatic amines is 1. The van der Waals surface area contributed by atoms with Gasteiger partial charge in [-0.25, -0.2) is 0 Å². The largest absolute Gasteiger partial charge is 0.481 e. The van der Waals surface area contributed by atoms with E-state index in [4.69, 9.17) is 4.74 Å². The SMILES string of the molecule is CC/C(=C/C=C/C1C=CC2CCCC2C1C(=O)c1ccc[nH]1)C1OC(C(C)C(=O)O)CCC1C. The molecule has 8 unspecified atom stereocenters. The number of hydrogen-bond donors (Lipinski definition) is 2. The Hall–Kier alpha value is -2.40. The van der Waals surface area contributed by atoms with Crippen molar-refractivity contribution in [2.75, 3.05) is 0 Å². The minimum absolute atomic E-state index is 0.0310. The summed E-state index contributed by atoms with van der Waals surface area (Å²) in [4.78, 5) is 28.0. The molecule has 1 saturated heterocycles. The molecule has 4 rings (SSSR count). The van der Waals surface area contributed by atoms with Gasteiger partial charge in [-0.3, -0.25) is 9.59 Å². The predicted molar refractivity (Wildman–Crippen MR) is 133 cm³/mol. The van der Waals surface area contributed by atoms with Crippen LogP contribution in [0.2, 0.25) is 0 Å². The van der Waals surface area contributed by atoms with Gasteiger partial charge in [-0.1, -0.05) is 50.6 Å². The van der Waals surface area contributed by atoms with Crippen molar-refractivity contribution in [3.63, 3.8) is 0 Å². The van der Waals surface area contributed by atoms with Crippen LogP contribution in [0.4, 0.5) is 0 Å². The van der Waals surface area contributed by atoms with Crippen LogP contribution < -0.4 is 0 Å². The van der Waals surface area contributed by atoms with E-state index in [-0.39, 0.29) is 29.8 Å². The highest BCUT2D eigenvalue weighted by molar-refractivity contribution is 5.97. The first-order valence-corrected chi connectivity index (χ1v) is 13.0. The average Bonchev–Trinajstić information content (AvgIpc) is 3.53. The van der Waals surface area contributed by atoms with Gasteiger partial charge in [0.2, 0.25) is 0 Å². The molecule has 1 aromatic rings. The maximum atomic E-state index is 13.4. The third-order valence-corrected chi connectivity index (χ3v) is 8.36. The first-order valence-electron chi connectivity index (χ1n) is 13.0. The zero-order valence-corrected chi connectivity index (χ0v) is 20.7. The molecule has 2 N–H and O–H groups in total. The quantitative estimate of drug-likeness (QED) is 0.272. The van der Waals surface area contributed by atoms with Crippen LogP contribution in [0, 0.1) is 35.5 Å². The lowest BCUT2D eigenvalue weighted by atomic mass is 9.69. The molecule has 2 aliphatic carbocycles. The first-order chi connectivity index (χ1) is 16.4. The number of H-pyrrole nitrogens is 1. The van der Waals surface area contributed by atoms with Crippen LogP contribution in [0.1, 0.15) is 69.8 Å². The summed E-state index contributed by atoms with van der Waals surface area (Å²) in [5.74, 6) is 0.237. The average molecular weight is 466 g/mol. The molecular weight excluding hydrogens is 426 g/mol. The number of hydrogen-bond acceptors (Lipinski definition) is 3. The third kappa shape index (κ3) is 5.14. The van der Waals surface area contributed by atoms with E-state index in [1.807, 2.05) is 18.3 Å². The molecule has 1 aliphatic heterocycles. The van der Waals surface area contributed by atoms with Crippen molar-refractivity contribution in [1.82, 2.24) is 4.98 Å². The molecule has 184 valence electrons. The van der Waals surface area contributed by atoms with Crippen LogP contribution in [0.25, 0.3) is 0 Å². The third-order valence-electron chi connectivity index (χ3n) is 8.36. The highest BCUT2D eigenvalue weighted by Gasteiger charge is 2.42. The van der Waals surface area contributed by atoms with Crippen molar-refractivity contribution in [1.29, 1.82) is 0 Å². The smallest absolute Gasteiger partial charge is 0.308 e. The van der Waals surface area contributed by atoms with Crippen molar-refractivity contribution < 1.29 is 19.4 Å². The predicted octanol–water partition coefficient (Wildman–Crippen LogP) is 6.21. The number of ketones is 1. The summed E-state index contributed by atoms with van der Waals surface area (Å²) in [5, 5.41) is 9.43. The molecule has 0 amide bonds. The summed E-state index contributed by atoms with van der Waals surface area (Å²) in [5.41, 5.74) is 1.90. The number of ether oxygens (including phenoxy) is 1. The van der Waals surface area contributed by atoms with Crippen molar-refractivity contribution in [2.45, 2.75) is 71.5 Å². The Balaban J connectivity index is 1.53. The molecule has 3 aliphatic rings.